The summed E-state index contributed by atoms with van der Waals surface area (Å²) in [6.07, 6.45) is 2.76. The maximum Gasteiger partial charge on any atom is 0.267 e. The first-order valence-electron chi connectivity index (χ1n) is 5.52. The second kappa shape index (κ2) is 6.23. The lowest BCUT2D eigenvalue weighted by Crippen LogP contribution is -2.29. The lowest BCUT2D eigenvalue weighted by Gasteiger charge is -2.08. The first-order chi connectivity index (χ1) is 9.47. The molecule has 1 aromatic carbocycles. The maximum absolute atomic E-state index is 11.9. The zero-order valence-electron chi connectivity index (χ0n) is 10.1. The van der Waals surface area contributed by atoms with Crippen LogP contribution in [0.15, 0.2) is 35.5 Å². The van der Waals surface area contributed by atoms with E-state index in [1.54, 1.807) is 18.2 Å². The molecule has 3 N–H and O–H groups in total. The number of aromatic nitrogens is 2. The van der Waals surface area contributed by atoms with E-state index in [0.717, 1.165) is 0 Å². The van der Waals surface area contributed by atoms with Gasteiger partial charge in [-0.05, 0) is 40.8 Å². The topological polar surface area (TPSA) is 90.0 Å². The molecule has 1 aromatic heterocycles. The average molecular weight is 405 g/mol. The molecule has 1 heterocycles. The van der Waals surface area contributed by atoms with Crippen LogP contribution in [0.3, 0.4) is 0 Å². The molecule has 0 aliphatic carbocycles. The lowest BCUT2D eigenvalue weighted by atomic mass is 10.3. The molecule has 6 nitrogen and oxygen atoms in total. The lowest BCUT2D eigenvalue weighted by molar-refractivity contribution is -0.116. The molecule has 0 unspecified atom stereocenters. The standard InChI is InChI=1S/C12H10ClIN4O2/c13-8-2-1-7(3-10(8)15)17-11(19)5-18-6-16-4-9(14)12(18)20/h1-4,6H,5,15H2,(H,17,19). The SMILES string of the molecule is Nc1cc(NC(=O)Cn2cncc(I)c2=O)ccc1Cl. The van der Waals surface area contributed by atoms with Crippen LogP contribution in [0.5, 0.6) is 0 Å². The second-order valence-electron chi connectivity index (χ2n) is 3.96. The first-order valence-corrected chi connectivity index (χ1v) is 6.98. The Morgan fingerprint density at radius 1 is 1.50 bits per heavy atom. The van der Waals surface area contributed by atoms with Crippen LogP contribution in [-0.4, -0.2) is 15.5 Å². The van der Waals surface area contributed by atoms with Crippen molar-refractivity contribution in [2.45, 2.75) is 6.54 Å². The third-order valence-corrected chi connectivity index (χ3v) is 3.54. The van der Waals surface area contributed by atoms with Gasteiger partial charge in [0.05, 0.1) is 20.6 Å². The number of benzene rings is 1. The molecule has 0 radical (unpaired) electrons. The Kier molecular flexibility index (Phi) is 4.61. The molecule has 0 saturated carbocycles. The van der Waals surface area contributed by atoms with Crippen molar-refractivity contribution in [3.8, 4) is 0 Å². The van der Waals surface area contributed by atoms with Gasteiger partial charge in [-0.2, -0.15) is 0 Å². The van der Waals surface area contributed by atoms with E-state index in [9.17, 15) is 9.59 Å². The van der Waals surface area contributed by atoms with E-state index in [4.69, 9.17) is 17.3 Å². The predicted octanol–water partition coefficient (Wildman–Crippen LogP) is 1.72. The number of nitrogens with zero attached hydrogens (tertiary/aromatic N) is 2. The number of hydrogen-bond acceptors (Lipinski definition) is 4. The van der Waals surface area contributed by atoms with Crippen LogP contribution in [0, 0.1) is 3.57 Å². The summed E-state index contributed by atoms with van der Waals surface area (Å²) in [7, 11) is 0. The van der Waals surface area contributed by atoms with Crippen LogP contribution in [0.1, 0.15) is 0 Å². The fourth-order valence-electron chi connectivity index (χ4n) is 1.51. The molecule has 0 aliphatic rings. The molecule has 0 spiro atoms. The molecule has 0 atom stereocenters. The molecule has 8 heteroatoms. The maximum atomic E-state index is 11.9. The molecular weight excluding hydrogens is 395 g/mol. The van der Waals surface area contributed by atoms with Crippen molar-refractivity contribution in [2.24, 2.45) is 0 Å². The zero-order valence-corrected chi connectivity index (χ0v) is 13.1. The van der Waals surface area contributed by atoms with Crippen molar-refractivity contribution >= 4 is 51.5 Å². The van der Waals surface area contributed by atoms with Gasteiger partial charge in [0.25, 0.3) is 5.56 Å². The summed E-state index contributed by atoms with van der Waals surface area (Å²) in [5.74, 6) is -0.349. The Bertz CT molecular complexity index is 717. The number of nitrogens with one attached hydrogen (secondary N) is 1. The Morgan fingerprint density at radius 2 is 2.25 bits per heavy atom. The fourth-order valence-corrected chi connectivity index (χ4v) is 2.10. The fraction of sp³-hybridized carbons (Fsp3) is 0.0833. The molecule has 0 aliphatic heterocycles. The monoisotopic (exact) mass is 404 g/mol. The summed E-state index contributed by atoms with van der Waals surface area (Å²) >= 11 is 7.66. The van der Waals surface area contributed by atoms with Crippen molar-refractivity contribution in [2.75, 3.05) is 11.1 Å². The molecule has 20 heavy (non-hydrogen) atoms. The van der Waals surface area contributed by atoms with Crippen LogP contribution < -0.4 is 16.6 Å². The summed E-state index contributed by atoms with van der Waals surface area (Å²) in [5.41, 5.74) is 6.28. The highest BCUT2D eigenvalue weighted by Gasteiger charge is 2.08. The van der Waals surface area contributed by atoms with Crippen LogP contribution in [-0.2, 0) is 11.3 Å². The Morgan fingerprint density at radius 3 is 2.95 bits per heavy atom. The van der Waals surface area contributed by atoms with Gasteiger partial charge in [-0.25, -0.2) is 4.98 Å². The van der Waals surface area contributed by atoms with Crippen molar-refractivity contribution in [3.63, 3.8) is 0 Å². The highest BCUT2D eigenvalue weighted by molar-refractivity contribution is 14.1. The van der Waals surface area contributed by atoms with Gasteiger partial charge in [0, 0.05) is 11.9 Å². The molecule has 2 rings (SSSR count). The number of carbonyl (C=O) groups is 1. The van der Waals surface area contributed by atoms with Crippen molar-refractivity contribution in [1.82, 2.24) is 9.55 Å². The minimum absolute atomic E-state index is 0.120. The molecular formula is C12H10ClIN4O2. The molecule has 2 aromatic rings. The van der Waals surface area contributed by atoms with Crippen LogP contribution in [0.2, 0.25) is 5.02 Å². The van der Waals surface area contributed by atoms with E-state index >= 15 is 0 Å². The quantitative estimate of drug-likeness (QED) is 0.602. The summed E-state index contributed by atoms with van der Waals surface area (Å²) in [6.45, 7) is -0.120. The minimum Gasteiger partial charge on any atom is -0.397 e. The summed E-state index contributed by atoms with van der Waals surface area (Å²) in [6, 6.07) is 4.77. The largest absolute Gasteiger partial charge is 0.397 e. The molecule has 0 saturated heterocycles. The van der Waals surface area contributed by atoms with Gasteiger partial charge in [-0.3, -0.25) is 14.2 Å². The smallest absolute Gasteiger partial charge is 0.267 e. The molecule has 1 amide bonds. The first kappa shape index (κ1) is 14.8. The van der Waals surface area contributed by atoms with Gasteiger partial charge in [0.15, 0.2) is 0 Å². The number of amides is 1. The Labute approximate surface area is 133 Å². The van der Waals surface area contributed by atoms with Crippen LogP contribution in [0.4, 0.5) is 11.4 Å². The third-order valence-electron chi connectivity index (χ3n) is 2.45. The van der Waals surface area contributed by atoms with E-state index in [1.165, 1.54) is 17.1 Å². The van der Waals surface area contributed by atoms with E-state index in [-0.39, 0.29) is 18.0 Å². The Balaban J connectivity index is 2.11. The molecule has 104 valence electrons. The number of carbonyl (C=O) groups excluding carboxylic acids is 1. The molecule has 0 fully saturated rings. The summed E-state index contributed by atoms with van der Waals surface area (Å²) in [5, 5.41) is 3.06. The number of halogens is 2. The number of nitrogen functional groups attached to an aromatic ring is 1. The summed E-state index contributed by atoms with van der Waals surface area (Å²) < 4.78 is 1.68. The van der Waals surface area contributed by atoms with E-state index < -0.39 is 0 Å². The average Bonchev–Trinajstić information content (AvgIpc) is 2.39. The third kappa shape index (κ3) is 3.48. The van der Waals surface area contributed by atoms with Gasteiger partial charge in [-0.1, -0.05) is 11.6 Å². The Hall–Kier alpha value is -1.61. The summed E-state index contributed by atoms with van der Waals surface area (Å²) in [4.78, 5) is 27.5. The highest BCUT2D eigenvalue weighted by Crippen LogP contribution is 2.22. The number of rotatable bonds is 3. The van der Waals surface area contributed by atoms with Crippen molar-refractivity contribution < 1.29 is 4.79 Å². The number of hydrogen-bond donors (Lipinski definition) is 2. The highest BCUT2D eigenvalue weighted by atomic mass is 127. The molecule has 0 bridgehead atoms. The van der Waals surface area contributed by atoms with Crippen molar-refractivity contribution in [3.05, 3.63) is 49.7 Å². The second-order valence-corrected chi connectivity index (χ2v) is 5.53. The normalized spacial score (nSPS) is 10.3. The van der Waals surface area contributed by atoms with Gasteiger partial charge < -0.3 is 11.1 Å². The van der Waals surface area contributed by atoms with Gasteiger partial charge in [0.1, 0.15) is 6.54 Å². The van der Waals surface area contributed by atoms with Crippen molar-refractivity contribution in [1.29, 1.82) is 0 Å². The minimum atomic E-state index is -0.349. The van der Waals surface area contributed by atoms with Gasteiger partial charge >= 0.3 is 0 Å². The van der Waals surface area contributed by atoms with E-state index in [1.807, 2.05) is 22.6 Å². The van der Waals surface area contributed by atoms with Gasteiger partial charge in [0.2, 0.25) is 5.91 Å². The van der Waals surface area contributed by atoms with Crippen LogP contribution >= 0.6 is 34.2 Å². The van der Waals surface area contributed by atoms with E-state index in [2.05, 4.69) is 10.3 Å². The number of nitrogens with two attached hydrogens (primary N) is 1. The zero-order chi connectivity index (χ0) is 14.7. The van der Waals surface area contributed by atoms with Crippen LogP contribution in [0.25, 0.3) is 0 Å². The number of anilines is 2. The van der Waals surface area contributed by atoms with E-state index in [0.29, 0.717) is 20.0 Å². The van der Waals surface area contributed by atoms with Gasteiger partial charge in [-0.15, -0.1) is 0 Å². The predicted molar refractivity (Wildman–Crippen MR) is 85.7 cm³/mol.